The third-order valence-electron chi connectivity index (χ3n) is 3.32. The van der Waals surface area contributed by atoms with Crippen molar-refractivity contribution in [2.75, 3.05) is 0 Å². The van der Waals surface area contributed by atoms with E-state index in [-0.39, 0.29) is 62.7 Å². The standard InChI is InChI=1S/C16H11BrFN2O.K.H2O/c1-2-12-5-10(9-21)6-13-8-16(19-20(12)13)14-4-3-11(17)7-15(14)18;;/h3-8H,2H2,1H3;;1H2/q-1;+1;/p-1. The zero-order chi connectivity index (χ0) is 15.0. The predicted molar refractivity (Wildman–Crippen MR) is 84.4 cm³/mol. The first-order valence-electron chi connectivity index (χ1n) is 6.48. The van der Waals surface area contributed by atoms with E-state index in [0.29, 0.717) is 21.3 Å². The molecular formula is C16H12BrFKN2O2-. The minimum absolute atomic E-state index is 0. The molecule has 0 spiro atoms. The maximum Gasteiger partial charge on any atom is 1.00 e. The molecule has 0 aliphatic heterocycles. The van der Waals surface area contributed by atoms with Gasteiger partial charge in [0.2, 0.25) is 0 Å². The van der Waals surface area contributed by atoms with Crippen molar-refractivity contribution < 1.29 is 66.0 Å². The molecule has 0 saturated heterocycles. The number of nitrogens with zero attached hydrogens (tertiary/aromatic N) is 2. The molecule has 0 amide bonds. The van der Waals surface area contributed by atoms with Crippen LogP contribution in [-0.4, -0.2) is 21.4 Å². The fourth-order valence-electron chi connectivity index (χ4n) is 2.31. The Morgan fingerprint density at radius 2 is 2.00 bits per heavy atom. The zero-order valence-corrected chi connectivity index (χ0v) is 17.4. The molecule has 0 fully saturated rings. The van der Waals surface area contributed by atoms with E-state index >= 15 is 0 Å². The number of aromatic nitrogens is 2. The molecule has 0 aliphatic rings. The Balaban J connectivity index is 0.00000132. The molecule has 3 aromatic rings. The fraction of sp³-hybridized carbons (Fsp3) is 0.125. The van der Waals surface area contributed by atoms with Gasteiger partial charge >= 0.3 is 51.4 Å². The van der Waals surface area contributed by atoms with Crippen LogP contribution in [0.25, 0.3) is 16.8 Å². The maximum absolute atomic E-state index is 14.1. The first kappa shape index (κ1) is 20.6. The molecule has 0 atom stereocenters. The van der Waals surface area contributed by atoms with Crippen molar-refractivity contribution in [3.63, 3.8) is 0 Å². The molecule has 2 heterocycles. The number of hydrogen-bond acceptors (Lipinski definition) is 3. The van der Waals surface area contributed by atoms with Crippen LogP contribution in [0.4, 0.5) is 4.39 Å². The van der Waals surface area contributed by atoms with E-state index in [1.807, 2.05) is 13.2 Å². The van der Waals surface area contributed by atoms with E-state index in [0.717, 1.165) is 17.6 Å². The van der Waals surface area contributed by atoms with Crippen molar-refractivity contribution in [2.24, 2.45) is 0 Å². The largest absolute Gasteiger partial charge is 1.00 e. The van der Waals surface area contributed by atoms with Crippen LogP contribution in [0.1, 0.15) is 18.2 Å². The molecule has 0 unspecified atom stereocenters. The van der Waals surface area contributed by atoms with Crippen LogP contribution in [0.5, 0.6) is 0 Å². The Morgan fingerprint density at radius 1 is 1.26 bits per heavy atom. The van der Waals surface area contributed by atoms with Gasteiger partial charge < -0.3 is 10.3 Å². The van der Waals surface area contributed by atoms with E-state index in [2.05, 4.69) is 21.0 Å². The smallest absolute Gasteiger partial charge is 0.870 e. The summed E-state index contributed by atoms with van der Waals surface area (Å²) < 4.78 is 16.5. The first-order valence-corrected chi connectivity index (χ1v) is 7.28. The van der Waals surface area contributed by atoms with Crippen molar-refractivity contribution >= 4 is 27.7 Å². The molecular weight excluding hydrogens is 390 g/mol. The van der Waals surface area contributed by atoms with E-state index in [4.69, 9.17) is 0 Å². The molecule has 2 aromatic heterocycles. The Hall–Kier alpha value is -0.414. The monoisotopic (exact) mass is 401 g/mol. The van der Waals surface area contributed by atoms with Crippen molar-refractivity contribution in [1.29, 1.82) is 0 Å². The van der Waals surface area contributed by atoms with Crippen molar-refractivity contribution in [2.45, 2.75) is 13.3 Å². The van der Waals surface area contributed by atoms with Gasteiger partial charge in [-0.1, -0.05) is 22.9 Å². The summed E-state index contributed by atoms with van der Waals surface area (Å²) in [6.07, 6.45) is 2.61. The number of aryl methyl sites for hydroxylation is 1. The van der Waals surface area contributed by atoms with Crippen LogP contribution in [0.3, 0.4) is 0 Å². The van der Waals surface area contributed by atoms with Gasteiger partial charge in [-0.25, -0.2) is 4.39 Å². The SMILES string of the molecule is CCc1cc([C-]=O)cc2cc(-c3ccc(Br)cc3F)nn12.[K+].[OH-]. The maximum atomic E-state index is 14.1. The van der Waals surface area contributed by atoms with E-state index < -0.39 is 0 Å². The van der Waals surface area contributed by atoms with Crippen LogP contribution in [0, 0.1) is 5.82 Å². The summed E-state index contributed by atoms with van der Waals surface area (Å²) in [5.41, 5.74) is 3.08. The number of benzene rings is 1. The second kappa shape index (κ2) is 8.62. The Morgan fingerprint density at radius 3 is 2.61 bits per heavy atom. The summed E-state index contributed by atoms with van der Waals surface area (Å²) in [4.78, 5) is 10.9. The Labute approximate surface area is 183 Å². The number of halogens is 2. The van der Waals surface area contributed by atoms with Gasteiger partial charge in [0.1, 0.15) is 5.82 Å². The third-order valence-corrected chi connectivity index (χ3v) is 3.81. The molecule has 1 N–H and O–H groups in total. The predicted octanol–water partition coefficient (Wildman–Crippen LogP) is 0.750. The minimum Gasteiger partial charge on any atom is -0.870 e. The normalized spacial score (nSPS) is 10.0. The van der Waals surface area contributed by atoms with Crippen LogP contribution >= 0.6 is 15.9 Å². The molecule has 0 saturated carbocycles. The van der Waals surface area contributed by atoms with Gasteiger partial charge in [0.25, 0.3) is 0 Å². The number of pyridine rings is 1. The van der Waals surface area contributed by atoms with E-state index in [9.17, 15) is 9.18 Å². The van der Waals surface area contributed by atoms with E-state index in [1.165, 1.54) is 6.07 Å². The second-order valence-corrected chi connectivity index (χ2v) is 5.60. The van der Waals surface area contributed by atoms with Crippen LogP contribution < -0.4 is 51.4 Å². The average molecular weight is 402 g/mol. The van der Waals surface area contributed by atoms with Gasteiger partial charge in [-0.2, -0.15) is 5.10 Å². The zero-order valence-electron chi connectivity index (χ0n) is 12.7. The summed E-state index contributed by atoms with van der Waals surface area (Å²) in [7, 11) is 0. The van der Waals surface area contributed by atoms with Gasteiger partial charge in [-0.15, -0.1) is 17.7 Å². The molecule has 0 aliphatic carbocycles. The van der Waals surface area contributed by atoms with Gasteiger partial charge in [0.05, 0.1) is 12.0 Å². The fourth-order valence-corrected chi connectivity index (χ4v) is 2.64. The molecule has 114 valence electrons. The van der Waals surface area contributed by atoms with Crippen molar-refractivity contribution in [3.8, 4) is 11.3 Å². The molecule has 0 bridgehead atoms. The number of carbonyl (C=O) groups excluding carboxylic acids is 1. The summed E-state index contributed by atoms with van der Waals surface area (Å²) in [5.74, 6) is -0.340. The third kappa shape index (κ3) is 4.17. The Bertz CT molecular complexity index is 851. The van der Waals surface area contributed by atoms with Crippen LogP contribution in [0.15, 0.2) is 40.9 Å². The summed E-state index contributed by atoms with van der Waals surface area (Å²) in [6, 6.07) is 10.1. The average Bonchev–Trinajstić information content (AvgIpc) is 2.89. The molecule has 0 radical (unpaired) electrons. The minimum atomic E-state index is -0.340. The summed E-state index contributed by atoms with van der Waals surface area (Å²) in [5, 5.41) is 4.45. The second-order valence-electron chi connectivity index (χ2n) is 4.68. The van der Waals surface area contributed by atoms with Crippen molar-refractivity contribution in [1.82, 2.24) is 9.61 Å². The number of hydrogen-bond donors (Lipinski definition) is 0. The topological polar surface area (TPSA) is 64.4 Å². The molecule has 1 aromatic carbocycles. The molecule has 3 rings (SSSR count). The van der Waals surface area contributed by atoms with Gasteiger partial charge in [-0.05, 0) is 36.4 Å². The Kier molecular flexibility index (Phi) is 7.73. The van der Waals surface area contributed by atoms with Crippen LogP contribution in [-0.2, 0) is 11.2 Å². The van der Waals surface area contributed by atoms with E-state index in [1.54, 1.807) is 34.8 Å². The quantitative estimate of drug-likeness (QED) is 0.480. The molecule has 23 heavy (non-hydrogen) atoms. The number of rotatable bonds is 3. The van der Waals surface area contributed by atoms with Crippen LogP contribution in [0.2, 0.25) is 0 Å². The van der Waals surface area contributed by atoms with Gasteiger partial charge in [0.15, 0.2) is 0 Å². The van der Waals surface area contributed by atoms with Gasteiger partial charge in [-0.3, -0.25) is 4.52 Å². The summed E-state index contributed by atoms with van der Waals surface area (Å²) in [6.45, 7) is 1.98. The van der Waals surface area contributed by atoms with Crippen molar-refractivity contribution in [3.05, 3.63) is 57.9 Å². The number of fused-ring (bicyclic) bond motifs is 1. The first-order chi connectivity index (χ1) is 10.1. The molecule has 7 heteroatoms. The summed E-state index contributed by atoms with van der Waals surface area (Å²) >= 11 is 3.24. The van der Waals surface area contributed by atoms with Gasteiger partial charge in [0, 0.05) is 15.6 Å². The molecule has 4 nitrogen and oxygen atoms in total.